The van der Waals surface area contributed by atoms with Crippen LogP contribution in [0.1, 0.15) is 53.0 Å². The third-order valence-electron chi connectivity index (χ3n) is 2.52. The summed E-state index contributed by atoms with van der Waals surface area (Å²) in [5.41, 5.74) is 1.04. The van der Waals surface area contributed by atoms with Gasteiger partial charge in [-0.15, -0.1) is 5.10 Å². The van der Waals surface area contributed by atoms with Crippen LogP contribution in [-0.2, 0) is 16.0 Å². The summed E-state index contributed by atoms with van der Waals surface area (Å²) in [5.74, 6) is 0. The zero-order valence-electron chi connectivity index (χ0n) is 12.1. The molecule has 1 aromatic heterocycles. The lowest BCUT2D eigenvalue weighted by atomic mass is 9.92. The van der Waals surface area contributed by atoms with E-state index in [2.05, 4.69) is 31.1 Å². The lowest BCUT2D eigenvalue weighted by molar-refractivity contribution is -0.142. The van der Waals surface area contributed by atoms with E-state index in [1.54, 1.807) is 0 Å². The van der Waals surface area contributed by atoms with Crippen molar-refractivity contribution in [3.05, 3.63) is 11.9 Å². The molecule has 18 heavy (non-hydrogen) atoms. The fraction of sp³-hybridized carbons (Fsp3) is 0.846. The largest absolute Gasteiger partial charge is 0.347 e. The number of ether oxygens (including phenoxy) is 2. The number of aryl methyl sites for hydroxylation is 1. The van der Waals surface area contributed by atoms with E-state index in [0.29, 0.717) is 18.6 Å². The van der Waals surface area contributed by atoms with Gasteiger partial charge in [0.2, 0.25) is 6.29 Å². The Bertz CT molecular complexity index is 338. The minimum absolute atomic E-state index is 0.297. The Morgan fingerprint density at radius 3 is 2.33 bits per heavy atom. The number of rotatable bonds is 7. The van der Waals surface area contributed by atoms with Gasteiger partial charge in [-0.1, -0.05) is 26.0 Å². The fourth-order valence-corrected chi connectivity index (χ4v) is 1.50. The van der Waals surface area contributed by atoms with Crippen molar-refractivity contribution >= 4 is 0 Å². The maximum atomic E-state index is 5.49. The van der Waals surface area contributed by atoms with Gasteiger partial charge in [-0.25, -0.2) is 0 Å². The van der Waals surface area contributed by atoms with E-state index in [-0.39, 0.29) is 0 Å². The molecule has 0 saturated heterocycles. The maximum Gasteiger partial charge on any atom is 0.204 e. The van der Waals surface area contributed by atoms with Crippen LogP contribution >= 0.6 is 0 Å². The molecule has 0 bridgehead atoms. The zero-order valence-corrected chi connectivity index (χ0v) is 12.1. The second-order valence-electron chi connectivity index (χ2n) is 5.46. The number of hydrogen-bond acceptors (Lipinski definition) is 4. The van der Waals surface area contributed by atoms with Gasteiger partial charge in [0.1, 0.15) is 5.69 Å². The average molecular weight is 255 g/mol. The summed E-state index contributed by atoms with van der Waals surface area (Å²) in [6.45, 7) is 12.6. The summed E-state index contributed by atoms with van der Waals surface area (Å²) in [6.07, 6.45) is 2.56. The van der Waals surface area contributed by atoms with Gasteiger partial charge in [-0.3, -0.25) is 4.68 Å². The third kappa shape index (κ3) is 5.14. The van der Waals surface area contributed by atoms with Gasteiger partial charge in [0.25, 0.3) is 0 Å². The topological polar surface area (TPSA) is 49.2 Å². The molecular weight excluding hydrogens is 230 g/mol. The minimum Gasteiger partial charge on any atom is -0.347 e. The molecule has 0 amide bonds. The molecule has 0 radical (unpaired) electrons. The number of aromatic nitrogens is 3. The predicted molar refractivity (Wildman–Crippen MR) is 70.1 cm³/mol. The van der Waals surface area contributed by atoms with Crippen molar-refractivity contribution < 1.29 is 9.47 Å². The highest BCUT2D eigenvalue weighted by Gasteiger charge is 2.16. The van der Waals surface area contributed by atoms with E-state index < -0.39 is 6.29 Å². The smallest absolute Gasteiger partial charge is 0.204 e. The molecule has 1 rings (SSSR count). The second kappa shape index (κ2) is 6.85. The molecule has 0 aliphatic rings. The molecule has 5 nitrogen and oxygen atoms in total. The molecule has 1 aromatic rings. The summed E-state index contributed by atoms with van der Waals surface area (Å²) in [6, 6.07) is 0. The van der Waals surface area contributed by atoms with Crippen molar-refractivity contribution in [2.75, 3.05) is 13.2 Å². The molecule has 0 saturated carbocycles. The van der Waals surface area contributed by atoms with Crippen LogP contribution in [0.2, 0.25) is 0 Å². The molecule has 0 atom stereocenters. The predicted octanol–water partition coefficient (Wildman–Crippen LogP) is 2.79. The fourth-order valence-electron chi connectivity index (χ4n) is 1.50. The molecule has 1 heterocycles. The van der Waals surface area contributed by atoms with E-state index in [1.165, 1.54) is 0 Å². The van der Waals surface area contributed by atoms with Gasteiger partial charge in [0.15, 0.2) is 0 Å². The Hall–Kier alpha value is -0.940. The normalized spacial score (nSPS) is 12.3. The van der Waals surface area contributed by atoms with E-state index in [0.717, 1.165) is 18.7 Å². The highest BCUT2D eigenvalue weighted by atomic mass is 16.7. The first-order valence-electron chi connectivity index (χ1n) is 6.59. The van der Waals surface area contributed by atoms with Gasteiger partial charge in [-0.2, -0.15) is 0 Å². The monoisotopic (exact) mass is 255 g/mol. The maximum absolute atomic E-state index is 5.49. The van der Waals surface area contributed by atoms with E-state index in [4.69, 9.17) is 9.47 Å². The molecule has 0 aliphatic carbocycles. The Labute approximate surface area is 109 Å². The van der Waals surface area contributed by atoms with Crippen molar-refractivity contribution in [1.29, 1.82) is 0 Å². The van der Waals surface area contributed by atoms with Gasteiger partial charge in [0.05, 0.1) is 6.20 Å². The first kappa shape index (κ1) is 15.1. The minimum atomic E-state index is -0.400. The highest BCUT2D eigenvalue weighted by Crippen LogP contribution is 2.20. The molecule has 0 unspecified atom stereocenters. The van der Waals surface area contributed by atoms with Gasteiger partial charge in [-0.05, 0) is 25.7 Å². The number of nitrogens with zero attached hydrogens (tertiary/aromatic N) is 3. The zero-order chi connectivity index (χ0) is 13.6. The van der Waals surface area contributed by atoms with Crippen molar-refractivity contribution in [2.45, 2.75) is 53.9 Å². The van der Waals surface area contributed by atoms with E-state index in [1.807, 2.05) is 24.7 Å². The summed E-state index contributed by atoms with van der Waals surface area (Å²) >= 11 is 0. The van der Waals surface area contributed by atoms with Crippen LogP contribution in [0.25, 0.3) is 0 Å². The van der Waals surface area contributed by atoms with Crippen LogP contribution in [0.3, 0.4) is 0 Å². The molecule has 0 aromatic carbocycles. The Kier molecular flexibility index (Phi) is 5.75. The SMILES string of the molecule is CCOC(OCC)c1cn(CCC(C)(C)C)nn1. The molecule has 0 spiro atoms. The quantitative estimate of drug-likeness (QED) is 0.703. The Morgan fingerprint density at radius 1 is 1.22 bits per heavy atom. The summed E-state index contributed by atoms with van der Waals surface area (Å²) in [7, 11) is 0. The number of hydrogen-bond donors (Lipinski definition) is 0. The highest BCUT2D eigenvalue weighted by molar-refractivity contribution is 4.94. The Balaban J connectivity index is 2.60. The van der Waals surface area contributed by atoms with Crippen LogP contribution in [0.5, 0.6) is 0 Å². The van der Waals surface area contributed by atoms with Crippen LogP contribution in [0, 0.1) is 5.41 Å². The van der Waals surface area contributed by atoms with Crippen LogP contribution in [-0.4, -0.2) is 28.2 Å². The lowest BCUT2D eigenvalue weighted by Gasteiger charge is -2.17. The van der Waals surface area contributed by atoms with Crippen molar-refractivity contribution in [3.63, 3.8) is 0 Å². The first-order chi connectivity index (χ1) is 8.46. The molecule has 5 heteroatoms. The standard InChI is InChI=1S/C13H25N3O2/c1-6-17-12(18-7-2)11-10-16(15-14-11)9-8-13(3,4)5/h10,12H,6-9H2,1-5H3. The molecule has 0 aliphatic heterocycles. The van der Waals surface area contributed by atoms with Gasteiger partial charge in [0, 0.05) is 19.8 Å². The molecular formula is C13H25N3O2. The molecule has 0 fully saturated rings. The van der Waals surface area contributed by atoms with Crippen molar-refractivity contribution in [3.8, 4) is 0 Å². The van der Waals surface area contributed by atoms with Gasteiger partial charge < -0.3 is 9.47 Å². The lowest BCUT2D eigenvalue weighted by Crippen LogP contribution is -2.11. The summed E-state index contributed by atoms with van der Waals surface area (Å²) in [4.78, 5) is 0. The summed E-state index contributed by atoms with van der Waals surface area (Å²) in [5, 5.41) is 8.23. The first-order valence-corrected chi connectivity index (χ1v) is 6.59. The average Bonchev–Trinajstić information content (AvgIpc) is 2.74. The molecule has 104 valence electrons. The molecule has 0 N–H and O–H groups in total. The second-order valence-corrected chi connectivity index (χ2v) is 5.46. The van der Waals surface area contributed by atoms with Crippen LogP contribution in [0.4, 0.5) is 0 Å². The Morgan fingerprint density at radius 2 is 1.83 bits per heavy atom. The van der Waals surface area contributed by atoms with Crippen molar-refractivity contribution in [1.82, 2.24) is 15.0 Å². The summed E-state index contributed by atoms with van der Waals surface area (Å²) < 4.78 is 12.8. The van der Waals surface area contributed by atoms with Crippen molar-refractivity contribution in [2.24, 2.45) is 5.41 Å². The van der Waals surface area contributed by atoms with E-state index in [9.17, 15) is 0 Å². The third-order valence-corrected chi connectivity index (χ3v) is 2.52. The van der Waals surface area contributed by atoms with Crippen LogP contribution in [0.15, 0.2) is 6.20 Å². The van der Waals surface area contributed by atoms with Gasteiger partial charge >= 0.3 is 0 Å². The van der Waals surface area contributed by atoms with Crippen LogP contribution < -0.4 is 0 Å². The van der Waals surface area contributed by atoms with E-state index >= 15 is 0 Å².